The van der Waals surface area contributed by atoms with Crippen LogP contribution in [0.2, 0.25) is 0 Å². The Morgan fingerprint density at radius 3 is 2.00 bits per heavy atom. The van der Waals surface area contributed by atoms with Crippen LogP contribution in [-0.4, -0.2) is 53.5 Å². The van der Waals surface area contributed by atoms with Crippen LogP contribution in [-0.2, 0) is 0 Å². The van der Waals surface area contributed by atoms with E-state index in [1.54, 1.807) is 0 Å². The van der Waals surface area contributed by atoms with Crippen molar-refractivity contribution in [2.45, 2.75) is 38.3 Å². The van der Waals surface area contributed by atoms with Gasteiger partial charge in [0.15, 0.2) is 0 Å². The van der Waals surface area contributed by atoms with E-state index in [1.165, 1.54) is 0 Å². The molecule has 2 fully saturated rings. The lowest BCUT2D eigenvalue weighted by Gasteiger charge is -2.55. The van der Waals surface area contributed by atoms with E-state index >= 15 is 0 Å². The van der Waals surface area contributed by atoms with E-state index < -0.39 is 5.92 Å². The number of hydrogen-bond donors (Lipinski definition) is 0. The summed E-state index contributed by atoms with van der Waals surface area (Å²) < 4.78 is 25.2. The number of nitrogens with zero attached hydrogens (tertiary/aromatic N) is 2. The highest BCUT2D eigenvalue weighted by Gasteiger charge is 2.50. The molecule has 2 rings (SSSR count). The van der Waals surface area contributed by atoms with Crippen molar-refractivity contribution in [1.29, 1.82) is 0 Å². The Balaban J connectivity index is 1.75. The standard InChI is InChI=1S/C10H18F2N2/c1-9(2,3)14-4-8(5-14)13-6-10(11,12)7-13/h8H,4-7H2,1-3H3. The van der Waals surface area contributed by atoms with E-state index in [4.69, 9.17) is 0 Å². The highest BCUT2D eigenvalue weighted by molar-refractivity contribution is 5.00. The SMILES string of the molecule is CC(C)(C)N1CC(N2CC(F)(F)C2)C1. The predicted octanol–water partition coefficient (Wildman–Crippen LogP) is 1.42. The van der Waals surface area contributed by atoms with Gasteiger partial charge in [0.2, 0.25) is 0 Å². The van der Waals surface area contributed by atoms with Crippen LogP contribution in [0.25, 0.3) is 0 Å². The van der Waals surface area contributed by atoms with E-state index in [-0.39, 0.29) is 18.6 Å². The molecule has 0 bridgehead atoms. The Kier molecular flexibility index (Phi) is 2.13. The molecule has 0 N–H and O–H groups in total. The molecule has 2 aliphatic rings. The molecule has 2 heterocycles. The van der Waals surface area contributed by atoms with Crippen molar-refractivity contribution in [1.82, 2.24) is 9.80 Å². The maximum absolute atomic E-state index is 12.6. The lowest BCUT2D eigenvalue weighted by Crippen LogP contribution is -2.71. The van der Waals surface area contributed by atoms with E-state index in [1.807, 2.05) is 4.90 Å². The molecular weight excluding hydrogens is 186 g/mol. The Hall–Kier alpha value is -0.220. The van der Waals surface area contributed by atoms with Crippen molar-refractivity contribution < 1.29 is 8.78 Å². The van der Waals surface area contributed by atoms with Gasteiger partial charge >= 0.3 is 0 Å². The van der Waals surface area contributed by atoms with Crippen LogP contribution in [0.1, 0.15) is 20.8 Å². The van der Waals surface area contributed by atoms with Gasteiger partial charge in [-0.2, -0.15) is 0 Å². The molecule has 0 aromatic heterocycles. The van der Waals surface area contributed by atoms with Crippen LogP contribution in [0.5, 0.6) is 0 Å². The maximum Gasteiger partial charge on any atom is 0.272 e. The average molecular weight is 204 g/mol. The Morgan fingerprint density at radius 2 is 1.64 bits per heavy atom. The predicted molar refractivity (Wildman–Crippen MR) is 51.6 cm³/mol. The number of hydrogen-bond acceptors (Lipinski definition) is 2. The van der Waals surface area contributed by atoms with Crippen LogP contribution in [0.3, 0.4) is 0 Å². The fraction of sp³-hybridized carbons (Fsp3) is 1.00. The molecular formula is C10H18F2N2. The molecule has 0 radical (unpaired) electrons. The minimum absolute atomic E-state index is 0.0321. The number of alkyl halides is 2. The molecule has 14 heavy (non-hydrogen) atoms. The average Bonchev–Trinajstić information content (AvgIpc) is 1.74. The van der Waals surface area contributed by atoms with Gasteiger partial charge in [-0.05, 0) is 20.8 Å². The molecule has 4 heteroatoms. The molecule has 0 amide bonds. The summed E-state index contributed by atoms with van der Waals surface area (Å²) in [6.45, 7) is 8.31. The molecule has 0 aliphatic carbocycles. The summed E-state index contributed by atoms with van der Waals surface area (Å²) in [7, 11) is 0. The van der Waals surface area contributed by atoms with E-state index in [2.05, 4.69) is 25.7 Å². The monoisotopic (exact) mass is 204 g/mol. The van der Waals surface area contributed by atoms with Crippen molar-refractivity contribution >= 4 is 0 Å². The zero-order valence-corrected chi connectivity index (χ0v) is 9.06. The minimum Gasteiger partial charge on any atom is -0.295 e. The van der Waals surface area contributed by atoms with Gasteiger partial charge in [0.05, 0.1) is 13.1 Å². The van der Waals surface area contributed by atoms with Crippen molar-refractivity contribution in [2.75, 3.05) is 26.2 Å². The summed E-state index contributed by atoms with van der Waals surface area (Å²) in [4.78, 5) is 4.22. The second-order valence-corrected chi connectivity index (χ2v) is 5.49. The first kappa shape index (κ1) is 10.3. The third-order valence-corrected chi connectivity index (χ3v) is 3.20. The van der Waals surface area contributed by atoms with Gasteiger partial charge < -0.3 is 0 Å². The molecule has 2 aliphatic heterocycles. The first-order chi connectivity index (χ1) is 6.28. The van der Waals surface area contributed by atoms with Crippen molar-refractivity contribution in [3.63, 3.8) is 0 Å². The van der Waals surface area contributed by atoms with Gasteiger partial charge in [-0.1, -0.05) is 0 Å². The Bertz CT molecular complexity index is 221. The third kappa shape index (κ3) is 1.77. The number of rotatable bonds is 1. The van der Waals surface area contributed by atoms with Crippen LogP contribution in [0.15, 0.2) is 0 Å². The highest BCUT2D eigenvalue weighted by atomic mass is 19.3. The smallest absolute Gasteiger partial charge is 0.272 e. The molecule has 0 saturated carbocycles. The van der Waals surface area contributed by atoms with E-state index in [9.17, 15) is 8.78 Å². The van der Waals surface area contributed by atoms with Crippen LogP contribution in [0, 0.1) is 0 Å². The van der Waals surface area contributed by atoms with Gasteiger partial charge in [0.1, 0.15) is 0 Å². The van der Waals surface area contributed by atoms with Gasteiger partial charge in [-0.25, -0.2) is 8.78 Å². The second-order valence-electron chi connectivity index (χ2n) is 5.49. The molecule has 82 valence electrons. The van der Waals surface area contributed by atoms with Gasteiger partial charge in [0.25, 0.3) is 5.92 Å². The molecule has 2 nitrogen and oxygen atoms in total. The summed E-state index contributed by atoms with van der Waals surface area (Å²) in [5.74, 6) is -2.41. The summed E-state index contributed by atoms with van der Waals surface area (Å²) in [5, 5.41) is 0. The van der Waals surface area contributed by atoms with Gasteiger partial charge in [0, 0.05) is 24.7 Å². The number of likely N-dealkylation sites (tertiary alicyclic amines) is 2. The van der Waals surface area contributed by atoms with Gasteiger partial charge in [-0.15, -0.1) is 0 Å². The Morgan fingerprint density at radius 1 is 1.14 bits per heavy atom. The molecule has 0 aromatic carbocycles. The molecule has 2 saturated heterocycles. The zero-order valence-electron chi connectivity index (χ0n) is 9.06. The second kappa shape index (κ2) is 2.89. The lowest BCUT2D eigenvalue weighted by molar-refractivity contribution is -0.171. The quantitative estimate of drug-likeness (QED) is 0.637. The number of halogens is 2. The first-order valence-corrected chi connectivity index (χ1v) is 5.15. The van der Waals surface area contributed by atoms with Crippen LogP contribution >= 0.6 is 0 Å². The largest absolute Gasteiger partial charge is 0.295 e. The third-order valence-electron chi connectivity index (χ3n) is 3.20. The molecule has 0 aromatic rings. The van der Waals surface area contributed by atoms with Crippen LogP contribution < -0.4 is 0 Å². The molecule has 0 unspecified atom stereocenters. The first-order valence-electron chi connectivity index (χ1n) is 5.15. The van der Waals surface area contributed by atoms with Crippen molar-refractivity contribution in [2.24, 2.45) is 0 Å². The zero-order chi connectivity index (χ0) is 10.6. The normalized spacial score (nSPS) is 29.8. The minimum atomic E-state index is -2.41. The topological polar surface area (TPSA) is 6.48 Å². The fourth-order valence-electron chi connectivity index (χ4n) is 2.04. The van der Waals surface area contributed by atoms with Crippen LogP contribution in [0.4, 0.5) is 8.78 Å². The Labute approximate surface area is 83.9 Å². The van der Waals surface area contributed by atoms with E-state index in [0.717, 1.165) is 13.1 Å². The molecule has 0 spiro atoms. The summed E-state index contributed by atoms with van der Waals surface area (Å²) in [5.41, 5.74) is 0.184. The molecule has 0 atom stereocenters. The summed E-state index contributed by atoms with van der Waals surface area (Å²) in [6.07, 6.45) is 0. The van der Waals surface area contributed by atoms with Gasteiger partial charge in [-0.3, -0.25) is 9.80 Å². The van der Waals surface area contributed by atoms with E-state index in [0.29, 0.717) is 6.04 Å². The van der Waals surface area contributed by atoms with Crippen molar-refractivity contribution in [3.8, 4) is 0 Å². The maximum atomic E-state index is 12.6. The summed E-state index contributed by atoms with van der Waals surface area (Å²) in [6, 6.07) is 0.369. The van der Waals surface area contributed by atoms with Crippen molar-refractivity contribution in [3.05, 3.63) is 0 Å². The fourth-order valence-corrected chi connectivity index (χ4v) is 2.04. The summed E-state index contributed by atoms with van der Waals surface area (Å²) >= 11 is 0. The highest BCUT2D eigenvalue weighted by Crippen LogP contribution is 2.33. The lowest BCUT2D eigenvalue weighted by atomic mass is 9.94.